The monoisotopic (exact) mass is 443 g/mol. The first-order valence-corrected chi connectivity index (χ1v) is 10.4. The van der Waals surface area contributed by atoms with Crippen molar-refractivity contribution in [3.8, 4) is 0 Å². The summed E-state index contributed by atoms with van der Waals surface area (Å²) >= 11 is 2.53. The van der Waals surface area contributed by atoms with E-state index in [1.54, 1.807) is 12.1 Å². The highest BCUT2D eigenvalue weighted by Gasteiger charge is 2.20. The number of nitro groups is 1. The van der Waals surface area contributed by atoms with Crippen LogP contribution < -0.4 is 5.32 Å². The van der Waals surface area contributed by atoms with E-state index in [2.05, 4.69) is 10.3 Å². The third kappa shape index (κ3) is 5.65. The molecule has 8 nitrogen and oxygen atoms in total. The van der Waals surface area contributed by atoms with Crippen LogP contribution in [0.2, 0.25) is 0 Å². The van der Waals surface area contributed by atoms with Gasteiger partial charge in [-0.1, -0.05) is 29.5 Å². The average Bonchev–Trinajstić information content (AvgIpc) is 3.12. The number of aryl methyl sites for hydroxylation is 2. The number of nitrogens with one attached hydrogen (secondary N) is 1. The largest absolute Gasteiger partial charge is 0.452 e. The summed E-state index contributed by atoms with van der Waals surface area (Å²) in [5.41, 5.74) is 2.22. The van der Waals surface area contributed by atoms with Crippen LogP contribution in [0.1, 0.15) is 21.6 Å². The first kappa shape index (κ1) is 21.5. The molecule has 1 N–H and O–H groups in total. The zero-order valence-corrected chi connectivity index (χ0v) is 17.7. The van der Waals surface area contributed by atoms with Crippen molar-refractivity contribution < 1.29 is 19.2 Å². The lowest BCUT2D eigenvalue weighted by Gasteiger charge is -2.08. The van der Waals surface area contributed by atoms with E-state index in [1.807, 2.05) is 31.4 Å². The first-order valence-electron chi connectivity index (χ1n) is 8.74. The third-order valence-electron chi connectivity index (χ3n) is 3.86. The Morgan fingerprint density at radius 3 is 2.57 bits per heavy atom. The Kier molecular flexibility index (Phi) is 6.80. The number of aromatic nitrogens is 1. The van der Waals surface area contributed by atoms with Crippen molar-refractivity contribution in [2.24, 2.45) is 0 Å². The van der Waals surface area contributed by atoms with Crippen molar-refractivity contribution in [2.45, 2.75) is 23.1 Å². The summed E-state index contributed by atoms with van der Waals surface area (Å²) < 4.78 is 5.66. The minimum atomic E-state index is -0.821. The number of benzene rings is 2. The molecule has 0 aliphatic carbocycles. The van der Waals surface area contributed by atoms with Gasteiger partial charge in [-0.3, -0.25) is 14.9 Å². The number of hydrogen-bond acceptors (Lipinski definition) is 8. The molecule has 0 aliphatic heterocycles. The van der Waals surface area contributed by atoms with Crippen molar-refractivity contribution in [1.29, 1.82) is 0 Å². The van der Waals surface area contributed by atoms with Crippen molar-refractivity contribution in [3.63, 3.8) is 0 Å². The van der Waals surface area contributed by atoms with E-state index < -0.39 is 23.4 Å². The number of rotatable bonds is 7. The molecule has 1 amide bonds. The maximum Gasteiger partial charge on any atom is 0.338 e. The van der Waals surface area contributed by atoms with Gasteiger partial charge in [-0.05, 0) is 38.1 Å². The summed E-state index contributed by atoms with van der Waals surface area (Å²) in [6.45, 7) is 3.26. The second-order valence-corrected chi connectivity index (χ2v) is 8.43. The summed E-state index contributed by atoms with van der Waals surface area (Å²) in [6, 6.07) is 11.2. The molecule has 0 radical (unpaired) electrons. The van der Waals surface area contributed by atoms with Crippen LogP contribution >= 0.6 is 23.1 Å². The van der Waals surface area contributed by atoms with Gasteiger partial charge in [0.2, 0.25) is 0 Å². The Balaban J connectivity index is 1.65. The minimum absolute atomic E-state index is 0.00972. The van der Waals surface area contributed by atoms with Gasteiger partial charge in [-0.2, -0.15) is 0 Å². The van der Waals surface area contributed by atoms with E-state index >= 15 is 0 Å². The Hall–Kier alpha value is -3.24. The molecule has 2 aromatic carbocycles. The summed E-state index contributed by atoms with van der Waals surface area (Å²) in [7, 11) is 0. The van der Waals surface area contributed by atoms with Crippen LogP contribution in [0.5, 0.6) is 0 Å². The molecule has 0 saturated carbocycles. The van der Waals surface area contributed by atoms with E-state index in [0.717, 1.165) is 29.1 Å². The molecular weight excluding hydrogens is 426 g/mol. The Bertz CT molecular complexity index is 1100. The lowest BCUT2D eigenvalue weighted by molar-refractivity contribution is -0.387. The molecule has 1 aromatic heterocycles. The van der Waals surface area contributed by atoms with E-state index in [9.17, 15) is 19.7 Å². The SMILES string of the molecule is Cc1ccc(NC(=O)COC(=O)c2ccc(Sc3nc(C)cs3)c([N+](=O)[O-])c2)cc1. The van der Waals surface area contributed by atoms with Gasteiger partial charge in [0, 0.05) is 22.8 Å². The van der Waals surface area contributed by atoms with Crippen LogP contribution in [0, 0.1) is 24.0 Å². The van der Waals surface area contributed by atoms with Crippen LogP contribution in [0.4, 0.5) is 11.4 Å². The van der Waals surface area contributed by atoms with E-state index in [1.165, 1.54) is 23.5 Å². The maximum atomic E-state index is 12.3. The molecule has 1 heterocycles. The molecule has 30 heavy (non-hydrogen) atoms. The lowest BCUT2D eigenvalue weighted by Crippen LogP contribution is -2.21. The van der Waals surface area contributed by atoms with Crippen molar-refractivity contribution in [1.82, 2.24) is 4.98 Å². The number of carbonyl (C=O) groups excluding carboxylic acids is 2. The highest BCUT2D eigenvalue weighted by molar-refractivity contribution is 8.01. The smallest absolute Gasteiger partial charge is 0.338 e. The fourth-order valence-electron chi connectivity index (χ4n) is 2.40. The molecule has 0 spiro atoms. The number of thiazole rings is 1. The molecule has 3 aromatic rings. The topological polar surface area (TPSA) is 111 Å². The fourth-order valence-corrected chi connectivity index (χ4v) is 4.27. The van der Waals surface area contributed by atoms with Gasteiger partial charge >= 0.3 is 5.97 Å². The average molecular weight is 444 g/mol. The molecule has 0 aliphatic rings. The molecule has 3 rings (SSSR count). The predicted molar refractivity (Wildman–Crippen MR) is 114 cm³/mol. The van der Waals surface area contributed by atoms with Crippen molar-refractivity contribution in [2.75, 3.05) is 11.9 Å². The number of anilines is 1. The van der Waals surface area contributed by atoms with Crippen LogP contribution in [0.15, 0.2) is 57.1 Å². The van der Waals surface area contributed by atoms with E-state index in [-0.39, 0.29) is 11.3 Å². The zero-order chi connectivity index (χ0) is 21.7. The molecule has 0 fully saturated rings. The number of amides is 1. The number of nitro benzene ring substituents is 1. The van der Waals surface area contributed by atoms with Gasteiger partial charge < -0.3 is 10.1 Å². The Morgan fingerprint density at radius 2 is 1.93 bits per heavy atom. The quantitative estimate of drug-likeness (QED) is 0.322. The van der Waals surface area contributed by atoms with Gasteiger partial charge in [0.15, 0.2) is 10.9 Å². The van der Waals surface area contributed by atoms with Crippen LogP contribution in [-0.2, 0) is 9.53 Å². The molecule has 0 bridgehead atoms. The van der Waals surface area contributed by atoms with Crippen LogP contribution in [0.3, 0.4) is 0 Å². The Morgan fingerprint density at radius 1 is 1.20 bits per heavy atom. The van der Waals surface area contributed by atoms with E-state index in [0.29, 0.717) is 14.9 Å². The molecule has 0 unspecified atom stereocenters. The summed E-state index contributed by atoms with van der Waals surface area (Å²) in [4.78, 5) is 39.7. The number of hydrogen-bond donors (Lipinski definition) is 1. The standard InChI is InChI=1S/C20H17N3O5S2/c1-12-3-6-15(7-4-12)22-18(24)10-28-19(25)14-5-8-17(16(9-14)23(26)27)30-20-21-13(2)11-29-20/h3-9,11H,10H2,1-2H3,(H,22,24). The molecular formula is C20H17N3O5S2. The maximum absolute atomic E-state index is 12.3. The van der Waals surface area contributed by atoms with Gasteiger partial charge in [0.05, 0.1) is 15.4 Å². The van der Waals surface area contributed by atoms with Gasteiger partial charge in [0.1, 0.15) is 0 Å². The molecule has 154 valence electrons. The van der Waals surface area contributed by atoms with Crippen LogP contribution in [0.25, 0.3) is 0 Å². The first-order chi connectivity index (χ1) is 14.3. The highest BCUT2D eigenvalue weighted by Crippen LogP contribution is 2.36. The molecule has 10 heteroatoms. The fraction of sp³-hybridized carbons (Fsp3) is 0.150. The summed E-state index contributed by atoms with van der Waals surface area (Å²) in [5, 5.41) is 15.9. The number of carbonyl (C=O) groups is 2. The molecule has 0 atom stereocenters. The summed E-state index contributed by atoms with van der Waals surface area (Å²) in [5.74, 6) is -1.33. The molecule has 0 saturated heterocycles. The van der Waals surface area contributed by atoms with E-state index in [4.69, 9.17) is 4.74 Å². The van der Waals surface area contributed by atoms with Crippen LogP contribution in [-0.4, -0.2) is 28.4 Å². The third-order valence-corrected chi connectivity index (χ3v) is 5.98. The highest BCUT2D eigenvalue weighted by atomic mass is 32.2. The van der Waals surface area contributed by atoms with Crippen molar-refractivity contribution >= 4 is 46.3 Å². The number of ether oxygens (including phenoxy) is 1. The summed E-state index contributed by atoms with van der Waals surface area (Å²) in [6.07, 6.45) is 0. The van der Waals surface area contributed by atoms with Crippen molar-refractivity contribution in [3.05, 3.63) is 74.8 Å². The lowest BCUT2D eigenvalue weighted by atomic mass is 10.2. The predicted octanol–water partition coefficient (Wildman–Crippen LogP) is 4.61. The Labute approximate surface area is 180 Å². The van der Waals surface area contributed by atoms with Gasteiger partial charge in [-0.15, -0.1) is 11.3 Å². The second kappa shape index (κ2) is 9.51. The number of nitrogens with zero attached hydrogens (tertiary/aromatic N) is 2. The van der Waals surface area contributed by atoms with Gasteiger partial charge in [0.25, 0.3) is 11.6 Å². The minimum Gasteiger partial charge on any atom is -0.452 e. The van der Waals surface area contributed by atoms with Gasteiger partial charge in [-0.25, -0.2) is 9.78 Å². The zero-order valence-electron chi connectivity index (χ0n) is 16.1. The number of esters is 1. The second-order valence-electron chi connectivity index (χ2n) is 6.29. The normalized spacial score (nSPS) is 10.5.